The SMILES string of the molecule is Cc1cc(C#N)cc(Oc2ccccc2C(N)=O)n1. The number of carbonyl (C=O) groups is 1. The average Bonchev–Trinajstić information content (AvgIpc) is 2.38. The van der Waals surface area contributed by atoms with Crippen LogP contribution >= 0.6 is 0 Å². The minimum atomic E-state index is -0.580. The van der Waals surface area contributed by atoms with Crippen LogP contribution in [0.4, 0.5) is 0 Å². The molecule has 0 bridgehead atoms. The Hall–Kier alpha value is -2.87. The number of benzene rings is 1. The van der Waals surface area contributed by atoms with E-state index in [-0.39, 0.29) is 11.4 Å². The highest BCUT2D eigenvalue weighted by Gasteiger charge is 2.10. The molecule has 1 aromatic carbocycles. The van der Waals surface area contributed by atoms with Crippen LogP contribution in [0.2, 0.25) is 0 Å². The van der Waals surface area contributed by atoms with Gasteiger partial charge in [-0.05, 0) is 25.1 Å². The lowest BCUT2D eigenvalue weighted by Crippen LogP contribution is -2.12. The molecule has 0 aliphatic carbocycles. The number of nitrogens with two attached hydrogens (primary N) is 1. The fourth-order valence-electron chi connectivity index (χ4n) is 1.63. The van der Waals surface area contributed by atoms with Crippen molar-refractivity contribution in [2.75, 3.05) is 0 Å². The Bertz CT molecular complexity index is 675. The molecule has 0 atom stereocenters. The second kappa shape index (κ2) is 5.19. The molecule has 0 radical (unpaired) electrons. The maximum Gasteiger partial charge on any atom is 0.252 e. The number of pyridine rings is 1. The maximum atomic E-state index is 11.3. The van der Waals surface area contributed by atoms with Crippen LogP contribution in [-0.2, 0) is 0 Å². The van der Waals surface area contributed by atoms with E-state index < -0.39 is 5.91 Å². The number of ether oxygens (including phenoxy) is 1. The van der Waals surface area contributed by atoms with Crippen LogP contribution in [0.5, 0.6) is 11.6 Å². The molecule has 0 spiro atoms. The van der Waals surface area contributed by atoms with Crippen molar-refractivity contribution in [3.05, 3.63) is 53.2 Å². The number of nitrogens with zero attached hydrogens (tertiary/aromatic N) is 2. The number of nitriles is 1. The summed E-state index contributed by atoms with van der Waals surface area (Å²) in [6, 6.07) is 11.8. The molecular weight excluding hydrogens is 242 g/mol. The van der Waals surface area contributed by atoms with E-state index in [9.17, 15) is 4.79 Å². The molecule has 2 rings (SSSR count). The second-order valence-electron chi connectivity index (χ2n) is 3.91. The Morgan fingerprint density at radius 2 is 2.11 bits per heavy atom. The van der Waals surface area contributed by atoms with Crippen molar-refractivity contribution >= 4 is 5.91 Å². The molecule has 5 nitrogen and oxygen atoms in total. The minimum Gasteiger partial charge on any atom is -0.438 e. The molecule has 1 amide bonds. The van der Waals surface area contributed by atoms with Gasteiger partial charge in [0.15, 0.2) is 0 Å². The Labute approximate surface area is 110 Å². The molecule has 2 N–H and O–H groups in total. The van der Waals surface area contributed by atoms with Gasteiger partial charge in [-0.3, -0.25) is 4.79 Å². The zero-order valence-corrected chi connectivity index (χ0v) is 10.3. The fourth-order valence-corrected chi connectivity index (χ4v) is 1.63. The first-order valence-corrected chi connectivity index (χ1v) is 5.55. The first-order valence-electron chi connectivity index (χ1n) is 5.55. The summed E-state index contributed by atoms with van der Waals surface area (Å²) in [6.07, 6.45) is 0. The zero-order valence-electron chi connectivity index (χ0n) is 10.3. The fraction of sp³-hybridized carbons (Fsp3) is 0.0714. The number of aromatic nitrogens is 1. The van der Waals surface area contributed by atoms with Gasteiger partial charge in [-0.1, -0.05) is 12.1 Å². The van der Waals surface area contributed by atoms with Gasteiger partial charge >= 0.3 is 0 Å². The minimum absolute atomic E-state index is 0.255. The number of rotatable bonds is 3. The molecule has 1 aromatic heterocycles. The smallest absolute Gasteiger partial charge is 0.252 e. The third-order valence-electron chi connectivity index (χ3n) is 2.43. The lowest BCUT2D eigenvalue weighted by Gasteiger charge is -2.08. The van der Waals surface area contributed by atoms with Crippen LogP contribution in [0.25, 0.3) is 0 Å². The van der Waals surface area contributed by atoms with Crippen molar-refractivity contribution in [1.29, 1.82) is 5.26 Å². The number of amides is 1. The predicted molar refractivity (Wildman–Crippen MR) is 68.7 cm³/mol. The Morgan fingerprint density at radius 3 is 2.79 bits per heavy atom. The van der Waals surface area contributed by atoms with E-state index in [2.05, 4.69) is 4.98 Å². The zero-order chi connectivity index (χ0) is 13.8. The van der Waals surface area contributed by atoms with E-state index in [1.165, 1.54) is 6.07 Å². The van der Waals surface area contributed by atoms with Gasteiger partial charge in [0, 0.05) is 11.8 Å². The van der Waals surface area contributed by atoms with Crippen molar-refractivity contribution in [3.63, 3.8) is 0 Å². The molecule has 5 heteroatoms. The number of primary amides is 1. The highest BCUT2D eigenvalue weighted by molar-refractivity contribution is 5.95. The van der Waals surface area contributed by atoms with E-state index in [0.717, 1.165) is 0 Å². The number of hydrogen-bond acceptors (Lipinski definition) is 4. The van der Waals surface area contributed by atoms with Crippen LogP contribution in [0.15, 0.2) is 36.4 Å². The summed E-state index contributed by atoms with van der Waals surface area (Å²) in [5.74, 6) is -0.00833. The topological polar surface area (TPSA) is 89.0 Å². The van der Waals surface area contributed by atoms with Crippen molar-refractivity contribution in [2.45, 2.75) is 6.92 Å². The van der Waals surface area contributed by atoms with E-state index in [0.29, 0.717) is 17.0 Å². The molecule has 0 aliphatic heterocycles. The average molecular weight is 253 g/mol. The molecular formula is C14H11N3O2. The van der Waals surface area contributed by atoms with Gasteiger partial charge in [-0.2, -0.15) is 5.26 Å². The lowest BCUT2D eigenvalue weighted by molar-refractivity contribution is 0.0998. The van der Waals surface area contributed by atoms with Crippen LogP contribution in [0.3, 0.4) is 0 Å². The van der Waals surface area contributed by atoms with Gasteiger partial charge in [0.2, 0.25) is 5.88 Å². The molecule has 0 saturated carbocycles. The Morgan fingerprint density at radius 1 is 1.37 bits per heavy atom. The number of hydrogen-bond donors (Lipinski definition) is 1. The Kier molecular flexibility index (Phi) is 3.44. The van der Waals surface area contributed by atoms with Gasteiger partial charge in [0.1, 0.15) is 5.75 Å². The summed E-state index contributed by atoms with van der Waals surface area (Å²) in [7, 11) is 0. The van der Waals surface area contributed by atoms with Crippen molar-refractivity contribution in [1.82, 2.24) is 4.98 Å². The summed E-state index contributed by atoms with van der Waals surface area (Å²) in [4.78, 5) is 15.4. The molecule has 1 heterocycles. The first-order chi connectivity index (χ1) is 9.10. The molecule has 0 aliphatic rings. The standard InChI is InChI=1S/C14H11N3O2/c1-9-6-10(8-15)7-13(17-9)19-12-5-3-2-4-11(12)14(16)18/h2-7H,1H3,(H2,16,18). The van der Waals surface area contributed by atoms with Crippen molar-refractivity contribution in [3.8, 4) is 17.7 Å². The van der Waals surface area contributed by atoms with E-state index in [4.69, 9.17) is 15.7 Å². The number of para-hydroxylation sites is 1. The normalized spacial score (nSPS) is 9.68. The van der Waals surface area contributed by atoms with Crippen LogP contribution in [-0.4, -0.2) is 10.9 Å². The van der Waals surface area contributed by atoms with Gasteiger partial charge in [-0.15, -0.1) is 0 Å². The van der Waals surface area contributed by atoms with Crippen molar-refractivity contribution < 1.29 is 9.53 Å². The van der Waals surface area contributed by atoms with Gasteiger partial charge in [0.25, 0.3) is 5.91 Å². The molecule has 0 fully saturated rings. The predicted octanol–water partition coefficient (Wildman–Crippen LogP) is 2.15. The summed E-state index contributed by atoms with van der Waals surface area (Å²) in [5.41, 5.74) is 6.63. The maximum absolute atomic E-state index is 11.3. The van der Waals surface area contributed by atoms with Gasteiger partial charge in [0.05, 0.1) is 17.2 Å². The summed E-state index contributed by atoms with van der Waals surface area (Å²) >= 11 is 0. The van der Waals surface area contributed by atoms with E-state index in [1.807, 2.05) is 6.07 Å². The molecule has 2 aromatic rings. The highest BCUT2D eigenvalue weighted by atomic mass is 16.5. The molecule has 19 heavy (non-hydrogen) atoms. The third kappa shape index (κ3) is 2.87. The molecule has 94 valence electrons. The first kappa shape index (κ1) is 12.6. The third-order valence-corrected chi connectivity index (χ3v) is 2.43. The van der Waals surface area contributed by atoms with Crippen LogP contribution in [0, 0.1) is 18.3 Å². The second-order valence-corrected chi connectivity index (χ2v) is 3.91. The van der Waals surface area contributed by atoms with Crippen LogP contribution < -0.4 is 10.5 Å². The summed E-state index contributed by atoms with van der Waals surface area (Å²) < 4.78 is 5.53. The monoisotopic (exact) mass is 253 g/mol. The van der Waals surface area contributed by atoms with E-state index in [1.54, 1.807) is 37.3 Å². The highest BCUT2D eigenvalue weighted by Crippen LogP contribution is 2.24. The van der Waals surface area contributed by atoms with Gasteiger partial charge in [-0.25, -0.2) is 4.98 Å². The largest absolute Gasteiger partial charge is 0.438 e. The number of carbonyl (C=O) groups excluding carboxylic acids is 1. The lowest BCUT2D eigenvalue weighted by atomic mass is 10.2. The molecule has 0 unspecified atom stereocenters. The Balaban J connectivity index is 2.39. The number of aryl methyl sites for hydroxylation is 1. The summed E-state index contributed by atoms with van der Waals surface area (Å²) in [6.45, 7) is 1.76. The molecule has 0 saturated heterocycles. The van der Waals surface area contributed by atoms with E-state index >= 15 is 0 Å². The van der Waals surface area contributed by atoms with Gasteiger partial charge < -0.3 is 10.5 Å². The van der Waals surface area contributed by atoms with Crippen molar-refractivity contribution in [2.24, 2.45) is 5.73 Å². The quantitative estimate of drug-likeness (QED) is 0.907. The summed E-state index contributed by atoms with van der Waals surface area (Å²) in [5, 5.41) is 8.89. The van der Waals surface area contributed by atoms with Crippen LogP contribution in [0.1, 0.15) is 21.6 Å².